The summed E-state index contributed by atoms with van der Waals surface area (Å²) in [7, 11) is 0. The summed E-state index contributed by atoms with van der Waals surface area (Å²) in [5, 5.41) is 0. The van der Waals surface area contributed by atoms with Crippen LogP contribution in [-0.4, -0.2) is 9.97 Å². The van der Waals surface area contributed by atoms with E-state index in [-0.39, 0.29) is 0 Å². The largest absolute Gasteiger partial charge is 0.245 e. The van der Waals surface area contributed by atoms with Crippen LogP contribution in [0.4, 0.5) is 0 Å². The van der Waals surface area contributed by atoms with Crippen molar-refractivity contribution >= 4 is 31.9 Å². The molecule has 0 aliphatic carbocycles. The van der Waals surface area contributed by atoms with Crippen LogP contribution in [0.5, 0.6) is 0 Å². The molecule has 0 amide bonds. The first-order chi connectivity index (χ1) is 5.11. The summed E-state index contributed by atoms with van der Waals surface area (Å²) in [6.45, 7) is 4.17. The Morgan fingerprint density at radius 1 is 1.36 bits per heavy atom. The number of nitrogens with zero attached hydrogens (tertiary/aromatic N) is 2. The number of hydrogen-bond donors (Lipinski definition) is 0. The zero-order valence-electron chi connectivity index (χ0n) is 6.31. The highest BCUT2D eigenvalue weighted by Crippen LogP contribution is 2.21. The summed E-state index contributed by atoms with van der Waals surface area (Å²) in [6, 6.07) is 0. The van der Waals surface area contributed by atoms with Crippen molar-refractivity contribution in [3.8, 4) is 0 Å². The third kappa shape index (κ3) is 2.24. The second-order valence-corrected chi connectivity index (χ2v) is 4.09. The summed E-state index contributed by atoms with van der Waals surface area (Å²) in [6.07, 6.45) is 1.68. The van der Waals surface area contributed by atoms with Gasteiger partial charge in [-0.2, -0.15) is 0 Å². The quantitative estimate of drug-likeness (QED) is 0.789. The summed E-state index contributed by atoms with van der Waals surface area (Å²) >= 11 is 6.61. The Morgan fingerprint density at radius 2 is 2.00 bits per heavy atom. The van der Waals surface area contributed by atoms with Gasteiger partial charge in [0, 0.05) is 0 Å². The van der Waals surface area contributed by atoms with Crippen LogP contribution in [-0.2, 0) is 0 Å². The van der Waals surface area contributed by atoms with Crippen LogP contribution >= 0.6 is 31.9 Å². The highest BCUT2D eigenvalue weighted by atomic mass is 79.9. The van der Waals surface area contributed by atoms with E-state index in [0.717, 1.165) is 14.9 Å². The second kappa shape index (κ2) is 3.63. The van der Waals surface area contributed by atoms with Gasteiger partial charge in [0.1, 0.15) is 9.21 Å². The van der Waals surface area contributed by atoms with E-state index in [1.54, 1.807) is 6.20 Å². The van der Waals surface area contributed by atoms with Gasteiger partial charge in [-0.25, -0.2) is 9.97 Å². The van der Waals surface area contributed by atoms with Gasteiger partial charge in [-0.3, -0.25) is 0 Å². The van der Waals surface area contributed by atoms with E-state index in [1.807, 2.05) is 0 Å². The zero-order chi connectivity index (χ0) is 8.43. The SMILES string of the molecule is CC(C)c1nc(Br)cnc1Br. The minimum absolute atomic E-state index is 0.398. The van der Waals surface area contributed by atoms with Crippen molar-refractivity contribution in [1.29, 1.82) is 0 Å². The predicted octanol–water partition coefficient (Wildman–Crippen LogP) is 3.13. The zero-order valence-corrected chi connectivity index (χ0v) is 9.48. The molecule has 0 aromatic carbocycles. The minimum Gasteiger partial charge on any atom is -0.245 e. The first-order valence-electron chi connectivity index (χ1n) is 3.29. The first-order valence-corrected chi connectivity index (χ1v) is 4.88. The van der Waals surface area contributed by atoms with Crippen LogP contribution < -0.4 is 0 Å². The molecule has 11 heavy (non-hydrogen) atoms. The summed E-state index contributed by atoms with van der Waals surface area (Å²) < 4.78 is 1.61. The standard InChI is InChI=1S/C7H8Br2N2/c1-4(2)6-7(9)10-3-5(8)11-6/h3-4H,1-2H3. The van der Waals surface area contributed by atoms with Crippen molar-refractivity contribution < 1.29 is 0 Å². The third-order valence-electron chi connectivity index (χ3n) is 1.27. The summed E-state index contributed by atoms with van der Waals surface area (Å²) in [5.74, 6) is 0.398. The second-order valence-electron chi connectivity index (χ2n) is 2.52. The smallest absolute Gasteiger partial charge is 0.127 e. The van der Waals surface area contributed by atoms with E-state index in [0.29, 0.717) is 5.92 Å². The normalized spacial score (nSPS) is 10.6. The Labute approximate surface area is 82.7 Å². The molecular formula is C7H8Br2N2. The minimum atomic E-state index is 0.398. The van der Waals surface area contributed by atoms with E-state index in [4.69, 9.17) is 0 Å². The average molecular weight is 280 g/mol. The fraction of sp³-hybridized carbons (Fsp3) is 0.429. The Hall–Kier alpha value is 0.0400. The average Bonchev–Trinajstić information content (AvgIpc) is 1.94. The maximum atomic E-state index is 4.28. The van der Waals surface area contributed by atoms with E-state index >= 15 is 0 Å². The Kier molecular flexibility index (Phi) is 3.01. The van der Waals surface area contributed by atoms with Gasteiger partial charge < -0.3 is 0 Å². The molecule has 4 heteroatoms. The van der Waals surface area contributed by atoms with Gasteiger partial charge in [0.05, 0.1) is 11.9 Å². The maximum absolute atomic E-state index is 4.28. The van der Waals surface area contributed by atoms with Crippen molar-refractivity contribution in [3.63, 3.8) is 0 Å². The van der Waals surface area contributed by atoms with Crippen LogP contribution in [0.25, 0.3) is 0 Å². The molecule has 2 nitrogen and oxygen atoms in total. The molecule has 1 aromatic heterocycles. The molecule has 60 valence electrons. The molecule has 0 aliphatic heterocycles. The topological polar surface area (TPSA) is 25.8 Å². The Morgan fingerprint density at radius 3 is 2.45 bits per heavy atom. The molecule has 0 radical (unpaired) electrons. The molecular weight excluding hydrogens is 272 g/mol. The summed E-state index contributed by atoms with van der Waals surface area (Å²) in [4.78, 5) is 8.39. The highest BCUT2D eigenvalue weighted by molar-refractivity contribution is 9.10. The van der Waals surface area contributed by atoms with Crippen LogP contribution in [0.1, 0.15) is 25.5 Å². The molecule has 0 saturated carbocycles. The lowest BCUT2D eigenvalue weighted by atomic mass is 10.1. The van der Waals surface area contributed by atoms with Gasteiger partial charge in [0.15, 0.2) is 0 Å². The molecule has 0 aliphatic rings. The lowest BCUT2D eigenvalue weighted by Crippen LogP contribution is -1.96. The molecule has 0 fully saturated rings. The van der Waals surface area contributed by atoms with Crippen molar-refractivity contribution in [2.45, 2.75) is 19.8 Å². The Bertz CT molecular complexity index is 261. The van der Waals surface area contributed by atoms with Crippen LogP contribution in [0, 0.1) is 0 Å². The van der Waals surface area contributed by atoms with Crippen molar-refractivity contribution in [1.82, 2.24) is 9.97 Å². The molecule has 0 N–H and O–H groups in total. The van der Waals surface area contributed by atoms with E-state index < -0.39 is 0 Å². The molecule has 0 bridgehead atoms. The van der Waals surface area contributed by atoms with Gasteiger partial charge in [0.25, 0.3) is 0 Å². The lowest BCUT2D eigenvalue weighted by Gasteiger charge is -2.05. The monoisotopic (exact) mass is 278 g/mol. The highest BCUT2D eigenvalue weighted by Gasteiger charge is 2.07. The molecule has 0 atom stereocenters. The fourth-order valence-electron chi connectivity index (χ4n) is 0.733. The van der Waals surface area contributed by atoms with Gasteiger partial charge in [-0.15, -0.1) is 0 Å². The molecule has 0 saturated heterocycles. The van der Waals surface area contributed by atoms with E-state index in [1.165, 1.54) is 0 Å². The molecule has 0 unspecified atom stereocenters. The molecule has 1 heterocycles. The number of rotatable bonds is 1. The third-order valence-corrected chi connectivity index (χ3v) is 2.26. The molecule has 0 spiro atoms. The van der Waals surface area contributed by atoms with Gasteiger partial charge >= 0.3 is 0 Å². The maximum Gasteiger partial charge on any atom is 0.127 e. The molecule has 1 rings (SSSR count). The fourth-order valence-corrected chi connectivity index (χ4v) is 1.68. The van der Waals surface area contributed by atoms with Crippen molar-refractivity contribution in [3.05, 3.63) is 21.1 Å². The number of aromatic nitrogens is 2. The van der Waals surface area contributed by atoms with Crippen LogP contribution in [0.15, 0.2) is 15.4 Å². The van der Waals surface area contributed by atoms with E-state index in [2.05, 4.69) is 55.7 Å². The van der Waals surface area contributed by atoms with Crippen molar-refractivity contribution in [2.24, 2.45) is 0 Å². The van der Waals surface area contributed by atoms with Gasteiger partial charge in [-0.05, 0) is 37.8 Å². The van der Waals surface area contributed by atoms with Crippen LogP contribution in [0.2, 0.25) is 0 Å². The van der Waals surface area contributed by atoms with Crippen LogP contribution in [0.3, 0.4) is 0 Å². The number of halogens is 2. The van der Waals surface area contributed by atoms with Crippen molar-refractivity contribution in [2.75, 3.05) is 0 Å². The predicted molar refractivity (Wildman–Crippen MR) is 51.5 cm³/mol. The molecule has 1 aromatic rings. The Balaban J connectivity index is 3.13. The number of hydrogen-bond acceptors (Lipinski definition) is 2. The summed E-state index contributed by atoms with van der Waals surface area (Å²) in [5.41, 5.74) is 0.986. The lowest BCUT2D eigenvalue weighted by molar-refractivity contribution is 0.796. The van der Waals surface area contributed by atoms with E-state index in [9.17, 15) is 0 Å². The van der Waals surface area contributed by atoms with Gasteiger partial charge in [0.2, 0.25) is 0 Å². The van der Waals surface area contributed by atoms with Gasteiger partial charge in [-0.1, -0.05) is 13.8 Å². The first kappa shape index (κ1) is 9.13.